The molecule has 2 aromatic carbocycles. The molecule has 28 heavy (non-hydrogen) atoms. The Morgan fingerprint density at radius 3 is 2.46 bits per heavy atom. The third-order valence-corrected chi connectivity index (χ3v) is 7.40. The van der Waals surface area contributed by atoms with Crippen LogP contribution in [0.2, 0.25) is 5.02 Å². The number of benzene rings is 2. The van der Waals surface area contributed by atoms with Crippen molar-refractivity contribution < 1.29 is 13.2 Å². The van der Waals surface area contributed by atoms with E-state index in [9.17, 15) is 13.2 Å². The summed E-state index contributed by atoms with van der Waals surface area (Å²) in [6.45, 7) is 1.02. The van der Waals surface area contributed by atoms with Crippen molar-refractivity contribution >= 4 is 54.8 Å². The third kappa shape index (κ3) is 4.35. The van der Waals surface area contributed by atoms with Crippen LogP contribution >= 0.6 is 27.5 Å². The molecule has 0 spiro atoms. The van der Waals surface area contributed by atoms with Crippen LogP contribution in [-0.4, -0.2) is 45.8 Å². The highest BCUT2D eigenvalue weighted by atomic mass is 79.9. The summed E-state index contributed by atoms with van der Waals surface area (Å²) in [6, 6.07) is 9.72. The second kappa shape index (κ2) is 8.41. The van der Waals surface area contributed by atoms with Gasteiger partial charge in [0.25, 0.3) is 5.91 Å². The number of rotatable bonds is 5. The monoisotopic (exact) mass is 485 g/mol. The van der Waals surface area contributed by atoms with Crippen molar-refractivity contribution in [3.05, 3.63) is 51.5 Å². The Bertz CT molecular complexity index is 1010. The van der Waals surface area contributed by atoms with E-state index in [2.05, 4.69) is 21.2 Å². The molecular formula is C19H21BrClN3O3S. The summed E-state index contributed by atoms with van der Waals surface area (Å²) in [5.74, 6) is -0.421. The second-order valence-electron chi connectivity index (χ2n) is 6.76. The Hall–Kier alpha value is -1.61. The molecule has 0 saturated carbocycles. The van der Waals surface area contributed by atoms with Crippen molar-refractivity contribution in [1.82, 2.24) is 4.31 Å². The maximum Gasteiger partial charge on any atom is 0.256 e. The number of amides is 1. The van der Waals surface area contributed by atoms with E-state index in [0.717, 1.165) is 18.5 Å². The summed E-state index contributed by atoms with van der Waals surface area (Å²) in [4.78, 5) is 14.9. The molecule has 1 aliphatic heterocycles. The predicted molar refractivity (Wildman–Crippen MR) is 116 cm³/mol. The first kappa shape index (κ1) is 21.1. The van der Waals surface area contributed by atoms with Gasteiger partial charge in [-0.05, 0) is 65.2 Å². The minimum Gasteiger partial charge on any atom is -0.376 e. The lowest BCUT2D eigenvalue weighted by atomic mass is 10.2. The van der Waals surface area contributed by atoms with Crippen LogP contribution in [0.1, 0.15) is 23.2 Å². The van der Waals surface area contributed by atoms with Gasteiger partial charge in [-0.3, -0.25) is 4.79 Å². The van der Waals surface area contributed by atoms with Gasteiger partial charge in [0.15, 0.2) is 0 Å². The normalized spacial score (nSPS) is 14.9. The van der Waals surface area contributed by atoms with Crippen LogP contribution in [0.3, 0.4) is 0 Å². The van der Waals surface area contributed by atoms with Crippen molar-refractivity contribution in [2.24, 2.45) is 0 Å². The molecule has 1 heterocycles. The molecule has 0 bridgehead atoms. The molecule has 1 saturated heterocycles. The molecule has 0 atom stereocenters. The summed E-state index contributed by atoms with van der Waals surface area (Å²) >= 11 is 9.43. The molecule has 0 aliphatic carbocycles. The quantitative estimate of drug-likeness (QED) is 0.687. The van der Waals surface area contributed by atoms with E-state index < -0.39 is 15.9 Å². The molecule has 150 valence electrons. The summed E-state index contributed by atoms with van der Waals surface area (Å²) < 4.78 is 27.6. The molecular weight excluding hydrogens is 466 g/mol. The molecule has 0 unspecified atom stereocenters. The fourth-order valence-electron chi connectivity index (χ4n) is 3.10. The van der Waals surface area contributed by atoms with Crippen LogP contribution in [0.4, 0.5) is 11.4 Å². The third-order valence-electron chi connectivity index (χ3n) is 4.57. The van der Waals surface area contributed by atoms with Gasteiger partial charge in [0, 0.05) is 36.7 Å². The van der Waals surface area contributed by atoms with Crippen LogP contribution in [0.25, 0.3) is 0 Å². The lowest BCUT2D eigenvalue weighted by molar-refractivity contribution is 0.102. The Morgan fingerprint density at radius 2 is 1.82 bits per heavy atom. The zero-order chi connectivity index (χ0) is 20.5. The Kier molecular flexibility index (Phi) is 6.34. The number of anilines is 2. The molecule has 9 heteroatoms. The lowest BCUT2D eigenvalue weighted by Crippen LogP contribution is -2.28. The molecule has 0 aromatic heterocycles. The Balaban J connectivity index is 1.94. The summed E-state index contributed by atoms with van der Waals surface area (Å²) in [5, 5.41) is 3.33. The zero-order valence-corrected chi connectivity index (χ0v) is 18.7. The van der Waals surface area contributed by atoms with Crippen LogP contribution in [-0.2, 0) is 10.0 Å². The lowest BCUT2D eigenvalue weighted by Gasteiger charge is -2.19. The SMILES string of the molecule is CN(C)c1ccc(Cl)cc1NC(=O)c1cc(S(=O)(=O)N2CCCC2)ccc1Br. The number of hydrogen-bond donors (Lipinski definition) is 1. The van der Waals surface area contributed by atoms with Gasteiger partial charge in [-0.15, -0.1) is 0 Å². The highest BCUT2D eigenvalue weighted by Gasteiger charge is 2.28. The van der Waals surface area contributed by atoms with Crippen LogP contribution in [0.5, 0.6) is 0 Å². The van der Waals surface area contributed by atoms with Gasteiger partial charge in [0.2, 0.25) is 10.0 Å². The molecule has 1 fully saturated rings. The molecule has 1 aliphatic rings. The molecule has 6 nitrogen and oxygen atoms in total. The first-order valence-corrected chi connectivity index (χ1v) is 11.4. The van der Waals surface area contributed by atoms with E-state index in [-0.39, 0.29) is 10.5 Å². The van der Waals surface area contributed by atoms with E-state index in [1.54, 1.807) is 24.3 Å². The van der Waals surface area contributed by atoms with Gasteiger partial charge in [-0.2, -0.15) is 4.31 Å². The van der Waals surface area contributed by atoms with E-state index in [4.69, 9.17) is 11.6 Å². The molecule has 1 N–H and O–H groups in total. The van der Waals surface area contributed by atoms with Crippen LogP contribution in [0, 0.1) is 0 Å². The highest BCUT2D eigenvalue weighted by Crippen LogP contribution is 2.30. The fourth-order valence-corrected chi connectivity index (χ4v) is 5.25. The van der Waals surface area contributed by atoms with Gasteiger partial charge < -0.3 is 10.2 Å². The maximum absolute atomic E-state index is 12.9. The number of halogens is 2. The predicted octanol–water partition coefficient (Wildman–Crippen LogP) is 4.21. The molecule has 0 radical (unpaired) electrons. The standard InChI is InChI=1S/C19H21BrClN3O3S/c1-23(2)18-8-5-13(21)11-17(18)22-19(25)15-12-14(6-7-16(15)20)28(26,27)24-9-3-4-10-24/h5-8,11-12H,3-4,9-10H2,1-2H3,(H,22,25). The first-order valence-electron chi connectivity index (χ1n) is 8.78. The number of hydrogen-bond acceptors (Lipinski definition) is 4. The van der Waals surface area contributed by atoms with Crippen LogP contribution in [0.15, 0.2) is 45.8 Å². The van der Waals surface area contributed by atoms with Gasteiger partial charge in [-0.1, -0.05) is 11.6 Å². The molecule has 1 amide bonds. The van der Waals surface area contributed by atoms with Gasteiger partial charge in [-0.25, -0.2) is 8.42 Å². The summed E-state index contributed by atoms with van der Waals surface area (Å²) in [6.07, 6.45) is 1.70. The Labute approximate surface area is 178 Å². The van der Waals surface area contributed by atoms with E-state index in [1.165, 1.54) is 16.4 Å². The number of nitrogens with one attached hydrogen (secondary N) is 1. The zero-order valence-electron chi connectivity index (χ0n) is 15.6. The highest BCUT2D eigenvalue weighted by molar-refractivity contribution is 9.10. The van der Waals surface area contributed by atoms with Crippen molar-refractivity contribution in [1.29, 1.82) is 0 Å². The smallest absolute Gasteiger partial charge is 0.256 e. The average molecular weight is 487 g/mol. The van der Waals surface area contributed by atoms with E-state index >= 15 is 0 Å². The van der Waals surface area contributed by atoms with Crippen LogP contribution < -0.4 is 10.2 Å². The van der Waals surface area contributed by atoms with E-state index in [0.29, 0.717) is 28.3 Å². The van der Waals surface area contributed by atoms with Crippen molar-refractivity contribution in [3.63, 3.8) is 0 Å². The van der Waals surface area contributed by atoms with E-state index in [1.807, 2.05) is 19.0 Å². The number of sulfonamides is 1. The minimum absolute atomic E-state index is 0.113. The number of carbonyl (C=O) groups excluding carboxylic acids is 1. The maximum atomic E-state index is 12.9. The average Bonchev–Trinajstić information content (AvgIpc) is 3.17. The van der Waals surface area contributed by atoms with Crippen molar-refractivity contribution in [2.75, 3.05) is 37.4 Å². The summed E-state index contributed by atoms with van der Waals surface area (Å²) in [5.41, 5.74) is 1.57. The first-order chi connectivity index (χ1) is 13.2. The fraction of sp³-hybridized carbons (Fsp3) is 0.316. The number of nitrogens with zero attached hydrogens (tertiary/aromatic N) is 2. The summed E-state index contributed by atoms with van der Waals surface area (Å²) in [7, 11) is 0.109. The van der Waals surface area contributed by atoms with Crippen molar-refractivity contribution in [3.8, 4) is 0 Å². The minimum atomic E-state index is -3.61. The molecule has 2 aromatic rings. The molecule has 3 rings (SSSR count). The second-order valence-corrected chi connectivity index (χ2v) is 9.99. The van der Waals surface area contributed by atoms with Crippen molar-refractivity contribution in [2.45, 2.75) is 17.7 Å². The van der Waals surface area contributed by atoms with Gasteiger partial charge >= 0.3 is 0 Å². The number of carbonyl (C=O) groups is 1. The van der Waals surface area contributed by atoms with Gasteiger partial charge in [0.05, 0.1) is 21.8 Å². The largest absolute Gasteiger partial charge is 0.376 e. The topological polar surface area (TPSA) is 69.7 Å². The Morgan fingerprint density at radius 1 is 1.14 bits per heavy atom. The van der Waals surface area contributed by atoms with Gasteiger partial charge in [0.1, 0.15) is 0 Å².